The molecular formula is C21H46NO3+. The molecule has 0 aliphatic rings. The Morgan fingerprint density at radius 1 is 0.480 bits per heavy atom. The van der Waals surface area contributed by atoms with Gasteiger partial charge in [-0.05, 0) is 6.42 Å². The first-order valence-corrected chi connectivity index (χ1v) is 10.6. The second-order valence-corrected chi connectivity index (χ2v) is 8.03. The molecule has 0 saturated heterocycles. The molecule has 0 amide bonds. The summed E-state index contributed by atoms with van der Waals surface area (Å²) >= 11 is 0. The molecule has 0 aliphatic heterocycles. The van der Waals surface area contributed by atoms with Gasteiger partial charge in [0.2, 0.25) is 0 Å². The van der Waals surface area contributed by atoms with Gasteiger partial charge in [0.05, 0.1) is 54.2 Å². The van der Waals surface area contributed by atoms with Gasteiger partial charge in [-0.3, -0.25) is 0 Å². The first kappa shape index (κ1) is 24.8. The van der Waals surface area contributed by atoms with Crippen LogP contribution in [-0.2, 0) is 14.2 Å². The Morgan fingerprint density at radius 2 is 0.880 bits per heavy atom. The summed E-state index contributed by atoms with van der Waals surface area (Å²) in [6.07, 6.45) is 13.7. The monoisotopic (exact) mass is 360 g/mol. The van der Waals surface area contributed by atoms with E-state index in [4.69, 9.17) is 14.2 Å². The zero-order valence-corrected chi connectivity index (χ0v) is 17.7. The van der Waals surface area contributed by atoms with Crippen molar-refractivity contribution < 1.29 is 18.7 Å². The summed E-state index contributed by atoms with van der Waals surface area (Å²) in [6, 6.07) is 0. The van der Waals surface area contributed by atoms with Crippen LogP contribution in [0.3, 0.4) is 0 Å². The fourth-order valence-corrected chi connectivity index (χ4v) is 2.57. The number of nitrogens with zero attached hydrogens (tertiary/aromatic N) is 1. The SMILES string of the molecule is CCCCCCCCCCCCOCCOCCOCC[N+](C)(C)C. The van der Waals surface area contributed by atoms with Crippen molar-refractivity contribution in [2.45, 2.75) is 71.1 Å². The lowest BCUT2D eigenvalue weighted by atomic mass is 10.1. The van der Waals surface area contributed by atoms with Gasteiger partial charge in [0.15, 0.2) is 0 Å². The molecule has 0 saturated carbocycles. The second kappa shape index (κ2) is 18.6. The molecule has 0 aliphatic carbocycles. The van der Waals surface area contributed by atoms with Crippen LogP contribution in [0.25, 0.3) is 0 Å². The summed E-state index contributed by atoms with van der Waals surface area (Å²) in [5.74, 6) is 0. The Bertz CT molecular complexity index is 254. The summed E-state index contributed by atoms with van der Waals surface area (Å²) < 4.78 is 17.6. The highest BCUT2D eigenvalue weighted by Gasteiger charge is 2.05. The van der Waals surface area contributed by atoms with E-state index in [9.17, 15) is 0 Å². The van der Waals surface area contributed by atoms with E-state index in [1.54, 1.807) is 0 Å². The summed E-state index contributed by atoms with van der Waals surface area (Å²) in [7, 11) is 6.52. The van der Waals surface area contributed by atoms with Crippen LogP contribution in [0.4, 0.5) is 0 Å². The van der Waals surface area contributed by atoms with Crippen molar-refractivity contribution in [1.29, 1.82) is 0 Å². The molecule has 4 heteroatoms. The van der Waals surface area contributed by atoms with E-state index >= 15 is 0 Å². The van der Waals surface area contributed by atoms with Gasteiger partial charge < -0.3 is 18.7 Å². The van der Waals surface area contributed by atoms with Gasteiger partial charge in [-0.25, -0.2) is 0 Å². The highest BCUT2D eigenvalue weighted by Crippen LogP contribution is 2.10. The maximum Gasteiger partial charge on any atom is 0.102 e. The number of hydrogen-bond acceptors (Lipinski definition) is 3. The van der Waals surface area contributed by atoms with Crippen LogP contribution in [0, 0.1) is 0 Å². The van der Waals surface area contributed by atoms with E-state index in [0.717, 1.165) is 24.2 Å². The van der Waals surface area contributed by atoms with Crippen molar-refractivity contribution in [1.82, 2.24) is 0 Å². The normalized spacial score (nSPS) is 12.0. The largest absolute Gasteiger partial charge is 0.379 e. The number of rotatable bonds is 20. The summed E-state index contributed by atoms with van der Waals surface area (Å²) in [5.41, 5.74) is 0. The second-order valence-electron chi connectivity index (χ2n) is 8.03. The zero-order valence-electron chi connectivity index (χ0n) is 17.7. The van der Waals surface area contributed by atoms with E-state index < -0.39 is 0 Å². The lowest BCUT2D eigenvalue weighted by Crippen LogP contribution is -2.37. The number of unbranched alkanes of at least 4 members (excludes halogenated alkanes) is 9. The van der Waals surface area contributed by atoms with Crippen LogP contribution >= 0.6 is 0 Å². The summed E-state index contributed by atoms with van der Waals surface area (Å²) in [6.45, 7) is 7.70. The first-order valence-electron chi connectivity index (χ1n) is 10.6. The fraction of sp³-hybridized carbons (Fsp3) is 1.00. The maximum absolute atomic E-state index is 5.61. The van der Waals surface area contributed by atoms with E-state index in [1.165, 1.54) is 64.2 Å². The van der Waals surface area contributed by atoms with E-state index in [0.29, 0.717) is 26.4 Å². The van der Waals surface area contributed by atoms with Crippen LogP contribution in [0.5, 0.6) is 0 Å². The van der Waals surface area contributed by atoms with Crippen LogP contribution in [0.1, 0.15) is 71.1 Å². The third-order valence-electron chi connectivity index (χ3n) is 4.29. The van der Waals surface area contributed by atoms with E-state index in [2.05, 4.69) is 28.1 Å². The van der Waals surface area contributed by atoms with Crippen LogP contribution < -0.4 is 0 Å². The number of hydrogen-bond donors (Lipinski definition) is 0. The quantitative estimate of drug-likeness (QED) is 0.233. The average Bonchev–Trinajstić information content (AvgIpc) is 2.56. The molecule has 0 aromatic carbocycles. The molecule has 4 nitrogen and oxygen atoms in total. The molecule has 0 atom stereocenters. The first-order chi connectivity index (χ1) is 12.1. The van der Waals surface area contributed by atoms with Crippen molar-refractivity contribution >= 4 is 0 Å². The maximum atomic E-state index is 5.61. The Kier molecular flexibility index (Phi) is 18.5. The van der Waals surface area contributed by atoms with Crippen molar-refractivity contribution in [3.63, 3.8) is 0 Å². The average molecular weight is 361 g/mol. The molecule has 0 heterocycles. The Balaban J connectivity index is 3.01. The summed E-state index contributed by atoms with van der Waals surface area (Å²) in [5, 5.41) is 0. The molecule has 0 N–H and O–H groups in total. The molecule has 0 aromatic heterocycles. The fourth-order valence-electron chi connectivity index (χ4n) is 2.57. The van der Waals surface area contributed by atoms with Crippen LogP contribution in [0.2, 0.25) is 0 Å². The van der Waals surface area contributed by atoms with Crippen LogP contribution in [-0.4, -0.2) is 71.8 Å². The van der Waals surface area contributed by atoms with Gasteiger partial charge in [-0.15, -0.1) is 0 Å². The van der Waals surface area contributed by atoms with Gasteiger partial charge in [0, 0.05) is 6.61 Å². The topological polar surface area (TPSA) is 27.7 Å². The molecule has 0 rings (SSSR count). The Hall–Kier alpha value is -0.160. The molecule has 0 unspecified atom stereocenters. The predicted molar refractivity (Wildman–Crippen MR) is 107 cm³/mol. The van der Waals surface area contributed by atoms with Gasteiger partial charge in [-0.2, -0.15) is 0 Å². The zero-order chi connectivity index (χ0) is 18.6. The van der Waals surface area contributed by atoms with Gasteiger partial charge in [0.25, 0.3) is 0 Å². The van der Waals surface area contributed by atoms with Gasteiger partial charge >= 0.3 is 0 Å². The number of likely N-dealkylation sites (N-methyl/N-ethyl adjacent to an activating group) is 1. The highest BCUT2D eigenvalue weighted by molar-refractivity contribution is 4.47. The molecule has 0 aromatic rings. The number of quaternary nitrogens is 1. The van der Waals surface area contributed by atoms with Crippen molar-refractivity contribution in [2.75, 3.05) is 67.3 Å². The highest BCUT2D eigenvalue weighted by atomic mass is 16.5. The van der Waals surface area contributed by atoms with Crippen LogP contribution in [0.15, 0.2) is 0 Å². The predicted octanol–water partition coefficient (Wildman–Crippen LogP) is 4.66. The lowest BCUT2D eigenvalue weighted by molar-refractivity contribution is -0.870. The van der Waals surface area contributed by atoms with Gasteiger partial charge in [-0.1, -0.05) is 64.7 Å². The standard InChI is InChI=1S/C21H46NO3/c1-5-6-7-8-9-10-11-12-13-14-16-23-18-20-25-21-19-24-17-15-22(2,3)4/h5-21H2,1-4H3/q+1. The minimum Gasteiger partial charge on any atom is -0.379 e. The van der Waals surface area contributed by atoms with Crippen molar-refractivity contribution in [3.8, 4) is 0 Å². The molecular weight excluding hydrogens is 314 g/mol. The molecule has 0 bridgehead atoms. The smallest absolute Gasteiger partial charge is 0.102 e. The summed E-state index contributed by atoms with van der Waals surface area (Å²) in [4.78, 5) is 0. The molecule has 0 fully saturated rings. The third-order valence-corrected chi connectivity index (χ3v) is 4.29. The minimum atomic E-state index is 0.665. The lowest BCUT2D eigenvalue weighted by Gasteiger charge is -2.23. The third kappa shape index (κ3) is 23.8. The Labute approximate surface area is 157 Å². The number of ether oxygens (including phenoxy) is 3. The van der Waals surface area contributed by atoms with Gasteiger partial charge in [0.1, 0.15) is 6.54 Å². The molecule has 25 heavy (non-hydrogen) atoms. The van der Waals surface area contributed by atoms with E-state index in [-0.39, 0.29) is 0 Å². The Morgan fingerprint density at radius 3 is 1.36 bits per heavy atom. The van der Waals surface area contributed by atoms with Crippen molar-refractivity contribution in [2.24, 2.45) is 0 Å². The minimum absolute atomic E-state index is 0.665. The molecule has 152 valence electrons. The molecule has 0 radical (unpaired) electrons. The van der Waals surface area contributed by atoms with E-state index in [1.807, 2.05) is 0 Å². The van der Waals surface area contributed by atoms with Crippen molar-refractivity contribution in [3.05, 3.63) is 0 Å². The molecule has 0 spiro atoms.